The first-order valence-electron chi connectivity index (χ1n) is 16.2. The molecule has 6 nitrogen and oxygen atoms in total. The van der Waals surface area contributed by atoms with E-state index in [2.05, 4.69) is 95.2 Å². The predicted octanol–water partition coefficient (Wildman–Crippen LogP) is 10.1. The summed E-state index contributed by atoms with van der Waals surface area (Å²) < 4.78 is 1.88. The molecule has 0 saturated carbocycles. The van der Waals surface area contributed by atoms with E-state index in [0.717, 1.165) is 55.7 Å². The standard InChI is InChI=1S/C43H28N6/c1-3-9-32(10-4-1)41-44-42(33-11-5-2-6-12-33)46-43(45-41)34-19-15-29(16-20-34)35-21-17-31-18-22-36(28-37(31)27-35)30-23-25-38(26-24-30)49-40-14-8-7-13-39(40)47-48-49/h1-28H. The van der Waals surface area contributed by atoms with Gasteiger partial charge in [0.2, 0.25) is 0 Å². The Balaban J connectivity index is 1.02. The number of hydrogen-bond acceptors (Lipinski definition) is 5. The summed E-state index contributed by atoms with van der Waals surface area (Å²) in [6.45, 7) is 0. The molecule has 0 aliphatic heterocycles. The number of para-hydroxylation sites is 1. The molecule has 0 aliphatic rings. The van der Waals surface area contributed by atoms with E-state index >= 15 is 0 Å². The van der Waals surface area contributed by atoms with Crippen molar-refractivity contribution in [2.24, 2.45) is 0 Å². The molecule has 0 spiro atoms. The molecule has 0 N–H and O–H groups in total. The van der Waals surface area contributed by atoms with Crippen molar-refractivity contribution in [2.75, 3.05) is 0 Å². The van der Waals surface area contributed by atoms with Gasteiger partial charge in [-0.1, -0.05) is 139 Å². The molecular weight excluding hydrogens is 601 g/mol. The van der Waals surface area contributed by atoms with Crippen LogP contribution in [0.15, 0.2) is 170 Å². The summed E-state index contributed by atoms with van der Waals surface area (Å²) in [7, 11) is 0. The third-order valence-electron chi connectivity index (χ3n) is 8.81. The van der Waals surface area contributed by atoms with Crippen LogP contribution in [0, 0.1) is 0 Å². The molecule has 7 aromatic carbocycles. The molecule has 0 unspecified atom stereocenters. The Morgan fingerprint density at radius 3 is 1.37 bits per heavy atom. The van der Waals surface area contributed by atoms with Crippen LogP contribution in [0.25, 0.3) is 83.9 Å². The summed E-state index contributed by atoms with van der Waals surface area (Å²) >= 11 is 0. The Bertz CT molecular complexity index is 2520. The highest BCUT2D eigenvalue weighted by Gasteiger charge is 2.13. The van der Waals surface area contributed by atoms with Gasteiger partial charge in [-0.15, -0.1) is 5.10 Å². The van der Waals surface area contributed by atoms with Gasteiger partial charge in [0.25, 0.3) is 0 Å². The number of fused-ring (bicyclic) bond motifs is 2. The van der Waals surface area contributed by atoms with Crippen molar-refractivity contribution in [3.05, 3.63) is 170 Å². The lowest BCUT2D eigenvalue weighted by molar-refractivity contribution is 0.824. The van der Waals surface area contributed by atoms with E-state index in [4.69, 9.17) is 15.0 Å². The topological polar surface area (TPSA) is 69.4 Å². The third kappa shape index (κ3) is 5.51. The van der Waals surface area contributed by atoms with E-state index < -0.39 is 0 Å². The van der Waals surface area contributed by atoms with Crippen LogP contribution in [-0.2, 0) is 0 Å². The maximum atomic E-state index is 4.88. The Labute approximate surface area is 283 Å². The summed E-state index contributed by atoms with van der Waals surface area (Å²) in [5, 5.41) is 11.0. The minimum atomic E-state index is 0.644. The summed E-state index contributed by atoms with van der Waals surface area (Å²) in [6.07, 6.45) is 0. The van der Waals surface area contributed by atoms with Gasteiger partial charge in [-0.25, -0.2) is 19.6 Å². The van der Waals surface area contributed by atoms with Crippen molar-refractivity contribution < 1.29 is 0 Å². The fourth-order valence-corrected chi connectivity index (χ4v) is 6.21. The molecule has 0 fully saturated rings. The lowest BCUT2D eigenvalue weighted by atomic mass is 9.97. The minimum absolute atomic E-state index is 0.644. The molecule has 9 rings (SSSR count). The summed E-state index contributed by atoms with van der Waals surface area (Å²) in [6, 6.07) is 58.3. The molecule has 0 aliphatic carbocycles. The van der Waals surface area contributed by atoms with Crippen molar-refractivity contribution in [2.45, 2.75) is 0 Å². The van der Waals surface area contributed by atoms with Gasteiger partial charge in [-0.3, -0.25) is 0 Å². The SMILES string of the molecule is c1ccc(-c2nc(-c3ccccc3)nc(-c3ccc(-c4ccc5ccc(-c6ccc(-n7nnc8ccccc87)cc6)cc5c4)cc3)n2)cc1. The van der Waals surface area contributed by atoms with Crippen molar-refractivity contribution in [3.8, 4) is 62.1 Å². The van der Waals surface area contributed by atoms with Gasteiger partial charge in [0.1, 0.15) is 5.52 Å². The molecule has 230 valence electrons. The number of benzene rings is 7. The minimum Gasteiger partial charge on any atom is -0.213 e. The molecule has 49 heavy (non-hydrogen) atoms. The van der Waals surface area contributed by atoms with Gasteiger partial charge in [0.05, 0.1) is 11.2 Å². The molecular formula is C43H28N6. The summed E-state index contributed by atoms with van der Waals surface area (Å²) in [5.74, 6) is 1.95. The van der Waals surface area contributed by atoms with E-state index in [-0.39, 0.29) is 0 Å². The van der Waals surface area contributed by atoms with Crippen molar-refractivity contribution in [1.29, 1.82) is 0 Å². The normalized spacial score (nSPS) is 11.3. The lowest BCUT2D eigenvalue weighted by Crippen LogP contribution is -2.00. The van der Waals surface area contributed by atoms with Crippen molar-refractivity contribution >= 4 is 21.8 Å². The van der Waals surface area contributed by atoms with E-state index in [1.807, 2.05) is 89.6 Å². The molecule has 0 bridgehead atoms. The zero-order valence-corrected chi connectivity index (χ0v) is 26.3. The number of rotatable bonds is 6. The molecule has 0 radical (unpaired) electrons. The first-order valence-corrected chi connectivity index (χ1v) is 16.2. The third-order valence-corrected chi connectivity index (χ3v) is 8.81. The maximum absolute atomic E-state index is 4.88. The fourth-order valence-electron chi connectivity index (χ4n) is 6.21. The Kier molecular flexibility index (Phi) is 7.02. The molecule has 0 atom stereocenters. The van der Waals surface area contributed by atoms with Crippen LogP contribution in [0.5, 0.6) is 0 Å². The van der Waals surface area contributed by atoms with Gasteiger partial charge in [-0.2, -0.15) is 0 Å². The van der Waals surface area contributed by atoms with E-state index in [9.17, 15) is 0 Å². The van der Waals surface area contributed by atoms with Crippen molar-refractivity contribution in [3.63, 3.8) is 0 Å². The highest BCUT2D eigenvalue weighted by Crippen LogP contribution is 2.31. The molecule has 9 aromatic rings. The predicted molar refractivity (Wildman–Crippen MR) is 197 cm³/mol. The number of hydrogen-bond donors (Lipinski definition) is 0. The first kappa shape index (κ1) is 28.4. The summed E-state index contributed by atoms with van der Waals surface area (Å²) in [4.78, 5) is 14.6. The smallest absolute Gasteiger partial charge is 0.164 e. The number of nitrogens with zero attached hydrogens (tertiary/aromatic N) is 6. The molecule has 0 amide bonds. The van der Waals surface area contributed by atoms with E-state index in [1.165, 1.54) is 10.8 Å². The van der Waals surface area contributed by atoms with Gasteiger partial charge >= 0.3 is 0 Å². The van der Waals surface area contributed by atoms with Crippen LogP contribution in [0.2, 0.25) is 0 Å². The van der Waals surface area contributed by atoms with Crippen molar-refractivity contribution in [1.82, 2.24) is 29.9 Å². The van der Waals surface area contributed by atoms with E-state index in [0.29, 0.717) is 17.5 Å². The fraction of sp³-hybridized carbons (Fsp3) is 0. The molecule has 6 heteroatoms. The zero-order chi connectivity index (χ0) is 32.6. The highest BCUT2D eigenvalue weighted by molar-refractivity contribution is 5.91. The monoisotopic (exact) mass is 628 g/mol. The molecule has 2 heterocycles. The Hall–Kier alpha value is -6.79. The molecule has 0 saturated heterocycles. The quantitative estimate of drug-likeness (QED) is 0.183. The van der Waals surface area contributed by atoms with Crippen LogP contribution < -0.4 is 0 Å². The van der Waals surface area contributed by atoms with Gasteiger partial charge in [0, 0.05) is 16.7 Å². The van der Waals surface area contributed by atoms with Gasteiger partial charge in [-0.05, 0) is 69.4 Å². The zero-order valence-electron chi connectivity index (χ0n) is 26.3. The van der Waals surface area contributed by atoms with E-state index in [1.54, 1.807) is 0 Å². The maximum Gasteiger partial charge on any atom is 0.164 e. The van der Waals surface area contributed by atoms with Crippen LogP contribution in [-0.4, -0.2) is 29.9 Å². The summed E-state index contributed by atoms with van der Waals surface area (Å²) in [5.41, 5.74) is 10.3. The van der Waals surface area contributed by atoms with Crippen LogP contribution in [0.1, 0.15) is 0 Å². The molecule has 2 aromatic heterocycles. The number of aromatic nitrogens is 6. The highest BCUT2D eigenvalue weighted by atomic mass is 15.4. The average Bonchev–Trinajstić information content (AvgIpc) is 3.62. The first-order chi connectivity index (χ1) is 24.2. The second-order valence-corrected chi connectivity index (χ2v) is 11.9. The van der Waals surface area contributed by atoms with Crippen LogP contribution >= 0.6 is 0 Å². The van der Waals surface area contributed by atoms with Crippen LogP contribution in [0.3, 0.4) is 0 Å². The van der Waals surface area contributed by atoms with Gasteiger partial charge < -0.3 is 0 Å². The Morgan fingerprint density at radius 1 is 0.347 bits per heavy atom. The largest absolute Gasteiger partial charge is 0.213 e. The second-order valence-electron chi connectivity index (χ2n) is 11.9. The average molecular weight is 629 g/mol. The second kappa shape index (κ2) is 12.1. The lowest BCUT2D eigenvalue weighted by Gasteiger charge is -2.10. The van der Waals surface area contributed by atoms with Crippen LogP contribution in [0.4, 0.5) is 0 Å². The Morgan fingerprint density at radius 2 is 0.796 bits per heavy atom. The van der Waals surface area contributed by atoms with Gasteiger partial charge in [0.15, 0.2) is 17.5 Å².